The van der Waals surface area contributed by atoms with E-state index in [0.717, 1.165) is 0 Å². The molecule has 6 nitrogen and oxygen atoms in total. The summed E-state index contributed by atoms with van der Waals surface area (Å²) in [6.45, 7) is 2.25. The number of hydrogen-bond acceptors (Lipinski definition) is 5. The maximum atomic E-state index is 12.0. The topological polar surface area (TPSA) is 75.7 Å². The van der Waals surface area contributed by atoms with E-state index < -0.39 is 17.8 Å². The number of carbonyl (C=O) groups is 3. The van der Waals surface area contributed by atoms with Gasteiger partial charge in [-0.15, -0.1) is 0 Å². The number of carbonyl (C=O) groups excluding carboxylic acids is 3. The summed E-state index contributed by atoms with van der Waals surface area (Å²) in [5.74, 6) is -1.38. The molecule has 0 spiro atoms. The zero-order valence-corrected chi connectivity index (χ0v) is 13.5. The van der Waals surface area contributed by atoms with E-state index in [9.17, 15) is 14.4 Å². The normalized spacial score (nSPS) is 10.3. The minimum absolute atomic E-state index is 0.00361. The number of hydrogen-bond donors (Lipinski definition) is 1. The van der Waals surface area contributed by atoms with E-state index in [-0.39, 0.29) is 13.1 Å². The van der Waals surface area contributed by atoms with E-state index in [0.29, 0.717) is 16.6 Å². The molecule has 0 heterocycles. The van der Waals surface area contributed by atoms with Gasteiger partial charge >= 0.3 is 5.97 Å². The Kier molecular flexibility index (Phi) is 7.04. The predicted octanol–water partition coefficient (Wildman–Crippen LogP) is 1.20. The molecule has 0 saturated heterocycles. The molecule has 0 aromatic heterocycles. The van der Waals surface area contributed by atoms with Crippen molar-refractivity contribution in [2.45, 2.75) is 6.92 Å². The second-order valence-corrected chi connectivity index (χ2v) is 5.09. The number of amides is 2. The Bertz CT molecular complexity index is 533. The van der Waals surface area contributed by atoms with Gasteiger partial charge in [-0.1, -0.05) is 19.1 Å². The molecule has 114 valence electrons. The number of likely N-dealkylation sites (N-methyl/N-ethyl adjacent to an activating group) is 1. The summed E-state index contributed by atoms with van der Waals surface area (Å²) in [6, 6.07) is 6.81. The molecule has 21 heavy (non-hydrogen) atoms. The molecule has 1 rings (SSSR count). The number of halogens is 1. The van der Waals surface area contributed by atoms with Crippen molar-refractivity contribution in [1.29, 1.82) is 0 Å². The lowest BCUT2D eigenvalue weighted by molar-refractivity contribution is -0.142. The highest BCUT2D eigenvalue weighted by atomic mass is 79.9. The fourth-order valence-electron chi connectivity index (χ4n) is 1.61. The Labute approximate surface area is 131 Å². The Balaban J connectivity index is 2.58. The van der Waals surface area contributed by atoms with Gasteiger partial charge in [0.2, 0.25) is 5.91 Å². The summed E-state index contributed by atoms with van der Waals surface area (Å²) in [4.78, 5) is 36.5. The summed E-state index contributed by atoms with van der Waals surface area (Å²) >= 11 is 3.25. The van der Waals surface area contributed by atoms with E-state index in [2.05, 4.69) is 26.0 Å². The molecule has 0 bridgehead atoms. The molecule has 1 aromatic rings. The molecule has 0 aliphatic rings. The first-order valence-corrected chi connectivity index (χ1v) is 7.15. The van der Waals surface area contributed by atoms with Gasteiger partial charge in [-0.05, 0) is 34.6 Å². The molecule has 0 atom stereocenters. The first kappa shape index (κ1) is 17.3. The summed E-state index contributed by atoms with van der Waals surface area (Å²) in [7, 11) is 1.28. The lowest BCUT2D eigenvalue weighted by Gasteiger charge is -2.17. The summed E-state index contributed by atoms with van der Waals surface area (Å²) < 4.78 is 5.15. The first-order valence-electron chi connectivity index (χ1n) is 6.35. The van der Waals surface area contributed by atoms with Gasteiger partial charge in [-0.3, -0.25) is 24.6 Å². The SMILES string of the molecule is CCN(CC(=O)NC(=O)c1ccccc1Br)CC(=O)OC. The van der Waals surface area contributed by atoms with E-state index in [4.69, 9.17) is 0 Å². The summed E-state index contributed by atoms with van der Waals surface area (Å²) in [5, 5.41) is 2.29. The third-order valence-corrected chi connectivity index (χ3v) is 3.46. The maximum Gasteiger partial charge on any atom is 0.319 e. The van der Waals surface area contributed by atoms with Crippen LogP contribution >= 0.6 is 15.9 Å². The molecule has 7 heteroatoms. The van der Waals surface area contributed by atoms with Crippen molar-refractivity contribution < 1.29 is 19.1 Å². The molecule has 1 aromatic carbocycles. The third-order valence-electron chi connectivity index (χ3n) is 2.77. The van der Waals surface area contributed by atoms with Crippen LogP contribution in [0.3, 0.4) is 0 Å². The zero-order valence-electron chi connectivity index (χ0n) is 11.9. The van der Waals surface area contributed by atoms with Gasteiger partial charge in [0.05, 0.1) is 25.8 Å². The largest absolute Gasteiger partial charge is 0.468 e. The molecular formula is C14H17BrN2O4. The van der Waals surface area contributed by atoms with Crippen LogP contribution in [0.1, 0.15) is 17.3 Å². The second-order valence-electron chi connectivity index (χ2n) is 4.24. The standard InChI is InChI=1S/C14H17BrN2O4/c1-3-17(9-13(19)21-2)8-12(18)16-14(20)10-6-4-5-7-11(10)15/h4-7H,3,8-9H2,1-2H3,(H,16,18,20). The third kappa shape index (κ3) is 5.65. The molecule has 0 radical (unpaired) electrons. The van der Waals surface area contributed by atoms with Crippen LogP contribution in [-0.4, -0.2) is 49.4 Å². The number of imide groups is 1. The number of nitrogens with zero attached hydrogens (tertiary/aromatic N) is 1. The van der Waals surface area contributed by atoms with Crippen LogP contribution in [0.5, 0.6) is 0 Å². The van der Waals surface area contributed by atoms with E-state index >= 15 is 0 Å². The van der Waals surface area contributed by atoms with E-state index in [1.807, 2.05) is 6.92 Å². The maximum absolute atomic E-state index is 12.0. The molecular weight excluding hydrogens is 340 g/mol. The van der Waals surface area contributed by atoms with Crippen molar-refractivity contribution in [1.82, 2.24) is 10.2 Å². The number of methoxy groups -OCH3 is 1. The Hall–Kier alpha value is -1.73. The second kappa shape index (κ2) is 8.53. The monoisotopic (exact) mass is 356 g/mol. The van der Waals surface area contributed by atoms with Crippen LogP contribution in [0.25, 0.3) is 0 Å². The van der Waals surface area contributed by atoms with Crippen molar-refractivity contribution in [2.24, 2.45) is 0 Å². The smallest absolute Gasteiger partial charge is 0.319 e. The van der Waals surface area contributed by atoms with Crippen LogP contribution in [0.15, 0.2) is 28.7 Å². The van der Waals surface area contributed by atoms with E-state index in [1.54, 1.807) is 29.2 Å². The molecule has 0 aliphatic heterocycles. The quantitative estimate of drug-likeness (QED) is 0.775. The van der Waals surface area contributed by atoms with Crippen molar-refractivity contribution in [3.05, 3.63) is 34.3 Å². The Morgan fingerprint density at radius 3 is 2.48 bits per heavy atom. The Morgan fingerprint density at radius 1 is 1.24 bits per heavy atom. The minimum atomic E-state index is -0.485. The fraction of sp³-hybridized carbons (Fsp3) is 0.357. The number of ether oxygens (including phenoxy) is 1. The number of rotatable bonds is 6. The van der Waals surface area contributed by atoms with Crippen LogP contribution < -0.4 is 5.32 Å². The average Bonchev–Trinajstić information content (AvgIpc) is 2.46. The number of benzene rings is 1. The van der Waals surface area contributed by atoms with Gasteiger partial charge < -0.3 is 4.74 Å². The fourth-order valence-corrected chi connectivity index (χ4v) is 2.07. The molecule has 2 amide bonds. The van der Waals surface area contributed by atoms with Crippen molar-refractivity contribution in [3.8, 4) is 0 Å². The molecule has 0 saturated carbocycles. The molecule has 0 aliphatic carbocycles. The van der Waals surface area contributed by atoms with Crippen molar-refractivity contribution >= 4 is 33.7 Å². The lowest BCUT2D eigenvalue weighted by atomic mass is 10.2. The minimum Gasteiger partial charge on any atom is -0.468 e. The van der Waals surface area contributed by atoms with Gasteiger partial charge in [0, 0.05) is 4.47 Å². The van der Waals surface area contributed by atoms with Crippen molar-refractivity contribution in [3.63, 3.8) is 0 Å². The van der Waals surface area contributed by atoms with Gasteiger partial charge in [0.25, 0.3) is 5.91 Å². The Morgan fingerprint density at radius 2 is 1.90 bits per heavy atom. The average molecular weight is 357 g/mol. The van der Waals surface area contributed by atoms with Crippen molar-refractivity contribution in [2.75, 3.05) is 26.7 Å². The highest BCUT2D eigenvalue weighted by Crippen LogP contribution is 2.15. The van der Waals surface area contributed by atoms with Crippen LogP contribution in [0.2, 0.25) is 0 Å². The van der Waals surface area contributed by atoms with Gasteiger partial charge in [-0.25, -0.2) is 0 Å². The summed E-state index contributed by atoms with van der Waals surface area (Å²) in [5.41, 5.74) is 0.377. The van der Waals surface area contributed by atoms with Crippen LogP contribution in [-0.2, 0) is 14.3 Å². The molecule has 0 fully saturated rings. The summed E-state index contributed by atoms with van der Waals surface area (Å²) in [6.07, 6.45) is 0. The number of esters is 1. The highest BCUT2D eigenvalue weighted by molar-refractivity contribution is 9.10. The van der Waals surface area contributed by atoms with Crippen LogP contribution in [0, 0.1) is 0 Å². The number of nitrogens with one attached hydrogen (secondary N) is 1. The van der Waals surface area contributed by atoms with E-state index in [1.165, 1.54) is 7.11 Å². The predicted molar refractivity (Wildman–Crippen MR) is 80.7 cm³/mol. The highest BCUT2D eigenvalue weighted by Gasteiger charge is 2.17. The molecule has 0 unspecified atom stereocenters. The lowest BCUT2D eigenvalue weighted by Crippen LogP contribution is -2.42. The zero-order chi connectivity index (χ0) is 15.8. The van der Waals surface area contributed by atoms with Gasteiger partial charge in [-0.2, -0.15) is 0 Å². The van der Waals surface area contributed by atoms with Gasteiger partial charge in [0.1, 0.15) is 0 Å². The van der Waals surface area contributed by atoms with Crippen LogP contribution in [0.4, 0.5) is 0 Å². The molecule has 1 N–H and O–H groups in total. The first-order chi connectivity index (χ1) is 9.97. The van der Waals surface area contributed by atoms with Gasteiger partial charge in [0.15, 0.2) is 0 Å².